The van der Waals surface area contributed by atoms with Crippen molar-refractivity contribution in [3.05, 3.63) is 28.0 Å². The van der Waals surface area contributed by atoms with Crippen LogP contribution in [0.15, 0.2) is 24.3 Å². The Morgan fingerprint density at radius 3 is 2.75 bits per heavy atom. The molecule has 3 nitrogen and oxygen atoms in total. The van der Waals surface area contributed by atoms with E-state index in [0.717, 1.165) is 6.54 Å². The zero-order valence-electron chi connectivity index (χ0n) is 13.1. The maximum atomic E-state index is 14.2. The highest BCUT2D eigenvalue weighted by molar-refractivity contribution is 14.1. The summed E-state index contributed by atoms with van der Waals surface area (Å²) in [7, 11) is 1.88. The van der Waals surface area contributed by atoms with Gasteiger partial charge in [-0.2, -0.15) is 13.2 Å². The van der Waals surface area contributed by atoms with Gasteiger partial charge in [-0.15, -0.1) is 0 Å². The van der Waals surface area contributed by atoms with Crippen molar-refractivity contribution < 1.29 is 17.6 Å². The molecule has 1 saturated heterocycles. The molecule has 2 atom stereocenters. The Kier molecular flexibility index (Phi) is 4.96. The SMILES string of the molecule is CN1CCC(Nc2cccc3c2cc(I)n3CC(F)(F)F)C(F)C1. The van der Waals surface area contributed by atoms with Gasteiger partial charge in [-0.25, -0.2) is 4.39 Å². The number of piperidine rings is 1. The molecule has 8 heteroatoms. The predicted molar refractivity (Wildman–Crippen MR) is 95.1 cm³/mol. The molecule has 132 valence electrons. The number of fused-ring (bicyclic) bond motifs is 1. The van der Waals surface area contributed by atoms with E-state index in [1.54, 1.807) is 24.3 Å². The Morgan fingerprint density at radius 1 is 1.33 bits per heavy atom. The zero-order valence-corrected chi connectivity index (χ0v) is 15.2. The van der Waals surface area contributed by atoms with Crippen molar-refractivity contribution in [3.8, 4) is 0 Å². The van der Waals surface area contributed by atoms with E-state index in [4.69, 9.17) is 0 Å². The highest BCUT2D eigenvalue weighted by atomic mass is 127. The van der Waals surface area contributed by atoms with Crippen LogP contribution in [0.5, 0.6) is 0 Å². The number of rotatable bonds is 3. The van der Waals surface area contributed by atoms with Crippen LogP contribution in [0.4, 0.5) is 23.2 Å². The predicted octanol–water partition coefficient (Wildman–Crippen LogP) is 4.26. The smallest absolute Gasteiger partial charge is 0.379 e. The van der Waals surface area contributed by atoms with Gasteiger partial charge < -0.3 is 14.8 Å². The molecule has 1 N–H and O–H groups in total. The van der Waals surface area contributed by atoms with E-state index in [2.05, 4.69) is 5.32 Å². The van der Waals surface area contributed by atoms with Crippen LogP contribution >= 0.6 is 22.6 Å². The zero-order chi connectivity index (χ0) is 17.5. The number of nitrogens with zero attached hydrogens (tertiary/aromatic N) is 2. The molecular weight excluding hydrogens is 437 g/mol. The second kappa shape index (κ2) is 6.70. The van der Waals surface area contributed by atoms with Gasteiger partial charge in [-0.05, 0) is 54.3 Å². The van der Waals surface area contributed by atoms with E-state index in [-0.39, 0.29) is 6.04 Å². The van der Waals surface area contributed by atoms with E-state index in [9.17, 15) is 17.6 Å². The number of hydrogen-bond acceptors (Lipinski definition) is 2. The van der Waals surface area contributed by atoms with Gasteiger partial charge >= 0.3 is 6.18 Å². The van der Waals surface area contributed by atoms with Crippen molar-refractivity contribution in [2.75, 3.05) is 25.5 Å². The van der Waals surface area contributed by atoms with Crippen LogP contribution in [0, 0.1) is 3.70 Å². The minimum absolute atomic E-state index is 0.324. The summed E-state index contributed by atoms with van der Waals surface area (Å²) in [6, 6.07) is 6.55. The summed E-state index contributed by atoms with van der Waals surface area (Å²) in [5.74, 6) is 0. The molecule has 2 unspecified atom stereocenters. The van der Waals surface area contributed by atoms with Gasteiger partial charge in [-0.3, -0.25) is 0 Å². The highest BCUT2D eigenvalue weighted by Gasteiger charge is 2.30. The summed E-state index contributed by atoms with van der Waals surface area (Å²) in [5, 5.41) is 3.89. The molecule has 1 aliphatic rings. The topological polar surface area (TPSA) is 20.2 Å². The van der Waals surface area contributed by atoms with Crippen LogP contribution in [0.3, 0.4) is 0 Å². The van der Waals surface area contributed by atoms with Gasteiger partial charge in [0.15, 0.2) is 0 Å². The molecule has 2 heterocycles. The summed E-state index contributed by atoms with van der Waals surface area (Å²) >= 11 is 1.90. The van der Waals surface area contributed by atoms with Crippen LogP contribution in [0.1, 0.15) is 6.42 Å². The third-order valence-corrected chi connectivity index (χ3v) is 5.21. The quantitative estimate of drug-likeness (QED) is 0.552. The summed E-state index contributed by atoms with van der Waals surface area (Å²) in [4.78, 5) is 1.94. The Balaban J connectivity index is 1.91. The van der Waals surface area contributed by atoms with Crippen LogP contribution < -0.4 is 5.32 Å². The van der Waals surface area contributed by atoms with Gasteiger partial charge in [0.1, 0.15) is 12.7 Å². The van der Waals surface area contributed by atoms with E-state index in [1.807, 2.05) is 34.5 Å². The number of aromatic nitrogens is 1. The van der Waals surface area contributed by atoms with Crippen molar-refractivity contribution in [1.82, 2.24) is 9.47 Å². The van der Waals surface area contributed by atoms with Crippen LogP contribution in [-0.2, 0) is 6.54 Å². The lowest BCUT2D eigenvalue weighted by Crippen LogP contribution is -2.46. The van der Waals surface area contributed by atoms with E-state index in [1.165, 1.54) is 4.57 Å². The first-order valence-electron chi connectivity index (χ1n) is 7.68. The van der Waals surface area contributed by atoms with Crippen molar-refractivity contribution in [2.45, 2.75) is 31.4 Å². The maximum Gasteiger partial charge on any atom is 0.406 e. The number of anilines is 1. The molecule has 1 aliphatic heterocycles. The first-order valence-corrected chi connectivity index (χ1v) is 8.76. The molecule has 1 fully saturated rings. The van der Waals surface area contributed by atoms with Gasteiger partial charge in [0.25, 0.3) is 0 Å². The monoisotopic (exact) mass is 455 g/mol. The normalized spacial score (nSPS) is 22.9. The molecule has 3 rings (SSSR count). The molecule has 0 amide bonds. The fourth-order valence-electron chi connectivity index (χ4n) is 3.14. The number of benzene rings is 1. The largest absolute Gasteiger partial charge is 0.406 e. The first kappa shape index (κ1) is 17.8. The summed E-state index contributed by atoms with van der Waals surface area (Å²) in [6.07, 6.45) is -4.63. The molecule has 0 saturated carbocycles. The minimum Gasteiger partial charge on any atom is -0.379 e. The van der Waals surface area contributed by atoms with Crippen LogP contribution in [0.2, 0.25) is 0 Å². The summed E-state index contributed by atoms with van der Waals surface area (Å²) in [5.41, 5.74) is 1.19. The average molecular weight is 455 g/mol. The third-order valence-electron chi connectivity index (χ3n) is 4.32. The summed E-state index contributed by atoms with van der Waals surface area (Å²) < 4.78 is 54.4. The van der Waals surface area contributed by atoms with Crippen molar-refractivity contribution in [1.29, 1.82) is 0 Å². The number of nitrogens with one attached hydrogen (secondary N) is 1. The Bertz CT molecular complexity index is 728. The second-order valence-corrected chi connectivity index (χ2v) is 7.33. The molecule has 1 aromatic heterocycles. The third kappa shape index (κ3) is 3.79. The Labute approximate surface area is 151 Å². The number of halogens is 5. The first-order chi connectivity index (χ1) is 11.2. The van der Waals surface area contributed by atoms with Gasteiger partial charge in [0.2, 0.25) is 0 Å². The average Bonchev–Trinajstić information content (AvgIpc) is 2.78. The fraction of sp³-hybridized carbons (Fsp3) is 0.500. The lowest BCUT2D eigenvalue weighted by atomic mass is 10.0. The molecule has 24 heavy (non-hydrogen) atoms. The van der Waals surface area contributed by atoms with E-state index in [0.29, 0.717) is 33.3 Å². The van der Waals surface area contributed by atoms with Gasteiger partial charge in [-0.1, -0.05) is 6.07 Å². The highest BCUT2D eigenvalue weighted by Crippen LogP contribution is 2.32. The Morgan fingerprint density at radius 2 is 2.08 bits per heavy atom. The Hall–Kier alpha value is -1.03. The standard InChI is InChI=1S/C16H18F4IN3/c1-23-6-5-13(11(17)8-23)22-12-3-2-4-14-10(12)7-15(21)24(14)9-16(18,19)20/h2-4,7,11,13,22H,5-6,8-9H2,1H3. The van der Waals surface area contributed by atoms with Gasteiger partial charge in [0, 0.05) is 24.2 Å². The molecule has 0 bridgehead atoms. The summed E-state index contributed by atoms with van der Waals surface area (Å²) in [6.45, 7) is 0.124. The molecule has 0 aliphatic carbocycles. The molecule has 1 aromatic carbocycles. The minimum atomic E-state index is -4.28. The van der Waals surface area contributed by atoms with Gasteiger partial charge in [0.05, 0.1) is 15.3 Å². The van der Waals surface area contributed by atoms with Crippen LogP contribution in [0.25, 0.3) is 10.9 Å². The molecule has 0 radical (unpaired) electrons. The van der Waals surface area contributed by atoms with E-state index >= 15 is 0 Å². The lowest BCUT2D eigenvalue weighted by Gasteiger charge is -2.33. The van der Waals surface area contributed by atoms with E-state index < -0.39 is 18.9 Å². The molecule has 2 aromatic rings. The lowest BCUT2D eigenvalue weighted by molar-refractivity contribution is -0.140. The second-order valence-electron chi connectivity index (χ2n) is 6.22. The van der Waals surface area contributed by atoms with Crippen molar-refractivity contribution in [2.24, 2.45) is 0 Å². The maximum absolute atomic E-state index is 14.2. The number of likely N-dealkylation sites (tertiary alicyclic amines) is 1. The molecular formula is C16H18F4IN3. The number of alkyl halides is 4. The number of hydrogen-bond donors (Lipinski definition) is 1. The molecule has 0 spiro atoms. The van der Waals surface area contributed by atoms with Crippen molar-refractivity contribution in [3.63, 3.8) is 0 Å². The fourth-order valence-corrected chi connectivity index (χ4v) is 3.88. The van der Waals surface area contributed by atoms with Crippen molar-refractivity contribution >= 4 is 39.2 Å². The van der Waals surface area contributed by atoms with Crippen LogP contribution in [-0.4, -0.2) is 48.0 Å².